The number of sulfonamides is 1. The van der Waals surface area contributed by atoms with Gasteiger partial charge in [0.2, 0.25) is 0 Å². The first-order valence-electron chi connectivity index (χ1n) is 5.73. The van der Waals surface area contributed by atoms with Crippen LogP contribution in [0.4, 0.5) is 4.39 Å². The van der Waals surface area contributed by atoms with Gasteiger partial charge in [-0.3, -0.25) is 0 Å². The fraction of sp³-hybridized carbons (Fsp3) is 0.250. The molecule has 0 amide bonds. The van der Waals surface area contributed by atoms with Gasteiger partial charge in [-0.15, -0.1) is 0 Å². The van der Waals surface area contributed by atoms with Crippen molar-refractivity contribution in [1.82, 2.24) is 14.5 Å². The summed E-state index contributed by atoms with van der Waals surface area (Å²) >= 11 is 0. The Morgan fingerprint density at radius 3 is 2.58 bits per heavy atom. The molecule has 102 valence electrons. The van der Waals surface area contributed by atoms with Gasteiger partial charge in [-0.2, -0.15) is 5.10 Å². The summed E-state index contributed by atoms with van der Waals surface area (Å²) in [5.74, 6) is -0.535. The number of benzene rings is 1. The molecule has 1 aromatic carbocycles. The highest BCUT2D eigenvalue weighted by molar-refractivity contribution is 7.89. The number of rotatable bonds is 4. The standard InChI is InChI=1S/C12H14FN3O2S/c1-9(2)15-19(17,18)12-7-8-14-16(12)11-6-4-3-5-10(11)13/h3-9,15H,1-2H3. The van der Waals surface area contributed by atoms with Gasteiger partial charge in [0.25, 0.3) is 10.0 Å². The average molecular weight is 283 g/mol. The minimum Gasteiger partial charge on any atom is -0.218 e. The number of aromatic nitrogens is 2. The lowest BCUT2D eigenvalue weighted by Gasteiger charge is -2.11. The van der Waals surface area contributed by atoms with Crippen LogP contribution in [0.5, 0.6) is 0 Å². The molecule has 2 aromatic rings. The summed E-state index contributed by atoms with van der Waals surface area (Å²) in [5, 5.41) is 3.79. The molecule has 0 atom stereocenters. The van der Waals surface area contributed by atoms with Gasteiger partial charge in [0.1, 0.15) is 11.5 Å². The second-order valence-electron chi connectivity index (χ2n) is 4.31. The number of hydrogen-bond acceptors (Lipinski definition) is 3. The molecule has 7 heteroatoms. The van der Waals surface area contributed by atoms with Crippen molar-refractivity contribution in [2.75, 3.05) is 0 Å². The topological polar surface area (TPSA) is 64.0 Å². The molecule has 1 N–H and O–H groups in total. The lowest BCUT2D eigenvalue weighted by Crippen LogP contribution is -2.31. The van der Waals surface area contributed by atoms with Crippen LogP contribution in [0.2, 0.25) is 0 Å². The van der Waals surface area contributed by atoms with Crippen LogP contribution in [-0.4, -0.2) is 24.2 Å². The van der Waals surface area contributed by atoms with Crippen molar-refractivity contribution in [2.45, 2.75) is 24.9 Å². The lowest BCUT2D eigenvalue weighted by molar-refractivity contribution is 0.555. The van der Waals surface area contributed by atoms with Crippen molar-refractivity contribution in [2.24, 2.45) is 0 Å². The first-order valence-corrected chi connectivity index (χ1v) is 7.21. The van der Waals surface area contributed by atoms with E-state index in [9.17, 15) is 12.8 Å². The van der Waals surface area contributed by atoms with Gasteiger partial charge in [-0.05, 0) is 32.0 Å². The molecule has 0 fully saturated rings. The predicted molar refractivity (Wildman–Crippen MR) is 69.0 cm³/mol. The number of hydrogen-bond donors (Lipinski definition) is 1. The molecule has 0 aliphatic carbocycles. The van der Waals surface area contributed by atoms with E-state index in [1.54, 1.807) is 19.9 Å². The van der Waals surface area contributed by atoms with E-state index in [2.05, 4.69) is 9.82 Å². The SMILES string of the molecule is CC(C)NS(=O)(=O)c1ccnn1-c1ccccc1F. The van der Waals surface area contributed by atoms with Gasteiger partial charge in [-0.1, -0.05) is 12.1 Å². The monoisotopic (exact) mass is 283 g/mol. The highest BCUT2D eigenvalue weighted by Crippen LogP contribution is 2.17. The van der Waals surface area contributed by atoms with Crippen LogP contribution in [0.25, 0.3) is 5.69 Å². The molecule has 0 saturated heterocycles. The summed E-state index contributed by atoms with van der Waals surface area (Å²) in [7, 11) is -3.73. The van der Waals surface area contributed by atoms with Crippen molar-refractivity contribution in [3.05, 3.63) is 42.3 Å². The van der Waals surface area contributed by atoms with Crippen LogP contribution >= 0.6 is 0 Å². The van der Waals surface area contributed by atoms with Crippen LogP contribution in [0.15, 0.2) is 41.6 Å². The first kappa shape index (κ1) is 13.7. The Hall–Kier alpha value is -1.73. The summed E-state index contributed by atoms with van der Waals surface area (Å²) in [4.78, 5) is 0. The molecule has 2 rings (SSSR count). The molecule has 0 spiro atoms. The molecular formula is C12H14FN3O2S. The Labute approximate surface area is 111 Å². The lowest BCUT2D eigenvalue weighted by atomic mass is 10.3. The quantitative estimate of drug-likeness (QED) is 0.929. The summed E-state index contributed by atoms with van der Waals surface area (Å²) in [6, 6.07) is 6.95. The van der Waals surface area contributed by atoms with Crippen molar-refractivity contribution in [3.8, 4) is 5.69 Å². The van der Waals surface area contributed by atoms with Gasteiger partial charge in [0.15, 0.2) is 5.03 Å². The maximum Gasteiger partial charge on any atom is 0.258 e. The molecule has 0 bridgehead atoms. The Morgan fingerprint density at radius 2 is 1.95 bits per heavy atom. The zero-order valence-electron chi connectivity index (χ0n) is 10.5. The zero-order chi connectivity index (χ0) is 14.0. The van der Waals surface area contributed by atoms with E-state index in [0.717, 1.165) is 4.68 Å². The van der Waals surface area contributed by atoms with E-state index in [1.165, 1.54) is 30.5 Å². The molecule has 0 aliphatic rings. The van der Waals surface area contributed by atoms with Crippen molar-refractivity contribution in [3.63, 3.8) is 0 Å². The minimum absolute atomic E-state index is 0.0914. The summed E-state index contributed by atoms with van der Waals surface area (Å²) in [6.45, 7) is 3.42. The predicted octanol–water partition coefficient (Wildman–Crippen LogP) is 1.70. The third-order valence-corrected chi connectivity index (χ3v) is 4.00. The molecule has 1 heterocycles. The molecule has 1 aromatic heterocycles. The van der Waals surface area contributed by atoms with Crippen LogP contribution in [-0.2, 0) is 10.0 Å². The number of para-hydroxylation sites is 1. The van der Waals surface area contributed by atoms with E-state index in [4.69, 9.17) is 0 Å². The molecule has 0 aliphatic heterocycles. The summed E-state index contributed by atoms with van der Waals surface area (Å²) in [6.07, 6.45) is 1.32. The van der Waals surface area contributed by atoms with Crippen LogP contribution in [0, 0.1) is 5.82 Å². The van der Waals surface area contributed by atoms with Crippen molar-refractivity contribution < 1.29 is 12.8 Å². The maximum absolute atomic E-state index is 13.7. The minimum atomic E-state index is -3.73. The number of nitrogens with zero attached hydrogens (tertiary/aromatic N) is 2. The maximum atomic E-state index is 13.7. The third kappa shape index (κ3) is 2.82. The molecular weight excluding hydrogens is 269 g/mol. The second-order valence-corrected chi connectivity index (χ2v) is 5.97. The highest BCUT2D eigenvalue weighted by atomic mass is 32.2. The summed E-state index contributed by atoms with van der Waals surface area (Å²) < 4.78 is 41.4. The first-order chi connectivity index (χ1) is 8.92. The molecule has 19 heavy (non-hydrogen) atoms. The van der Waals surface area contributed by atoms with E-state index in [-0.39, 0.29) is 16.8 Å². The van der Waals surface area contributed by atoms with Crippen molar-refractivity contribution >= 4 is 10.0 Å². The van der Waals surface area contributed by atoms with Crippen molar-refractivity contribution in [1.29, 1.82) is 0 Å². The zero-order valence-corrected chi connectivity index (χ0v) is 11.4. The Balaban J connectivity index is 2.53. The molecule has 5 nitrogen and oxygen atoms in total. The Morgan fingerprint density at radius 1 is 1.26 bits per heavy atom. The van der Waals surface area contributed by atoms with Gasteiger partial charge in [0.05, 0.1) is 6.20 Å². The van der Waals surface area contributed by atoms with Crippen LogP contribution < -0.4 is 4.72 Å². The normalized spacial score (nSPS) is 12.0. The summed E-state index contributed by atoms with van der Waals surface area (Å²) in [5.41, 5.74) is 0.0941. The number of nitrogens with one attached hydrogen (secondary N) is 1. The number of halogens is 1. The van der Waals surface area contributed by atoms with Crippen LogP contribution in [0.3, 0.4) is 0 Å². The van der Waals surface area contributed by atoms with E-state index < -0.39 is 15.8 Å². The fourth-order valence-corrected chi connectivity index (χ4v) is 3.02. The smallest absolute Gasteiger partial charge is 0.218 e. The highest BCUT2D eigenvalue weighted by Gasteiger charge is 2.22. The van der Waals surface area contributed by atoms with Gasteiger partial charge >= 0.3 is 0 Å². The fourth-order valence-electron chi connectivity index (χ4n) is 1.67. The Bertz CT molecular complexity index is 680. The van der Waals surface area contributed by atoms with Gasteiger partial charge in [-0.25, -0.2) is 22.2 Å². The molecule has 0 saturated carbocycles. The van der Waals surface area contributed by atoms with E-state index in [1.807, 2.05) is 0 Å². The third-order valence-electron chi connectivity index (χ3n) is 2.35. The molecule has 0 radical (unpaired) electrons. The molecule has 0 unspecified atom stereocenters. The van der Waals surface area contributed by atoms with E-state index in [0.29, 0.717) is 0 Å². The van der Waals surface area contributed by atoms with Crippen LogP contribution in [0.1, 0.15) is 13.8 Å². The Kier molecular flexibility index (Phi) is 3.68. The van der Waals surface area contributed by atoms with Gasteiger partial charge in [0, 0.05) is 6.04 Å². The largest absolute Gasteiger partial charge is 0.258 e. The van der Waals surface area contributed by atoms with Gasteiger partial charge < -0.3 is 0 Å². The van der Waals surface area contributed by atoms with E-state index >= 15 is 0 Å². The second kappa shape index (κ2) is 5.10. The average Bonchev–Trinajstić information content (AvgIpc) is 2.77.